The van der Waals surface area contributed by atoms with E-state index in [1.807, 2.05) is 0 Å². The van der Waals surface area contributed by atoms with E-state index in [0.29, 0.717) is 29.9 Å². The van der Waals surface area contributed by atoms with Crippen molar-refractivity contribution in [2.75, 3.05) is 25.0 Å². The average Bonchev–Trinajstić information content (AvgIpc) is 2.84. The SMILES string of the molecule is O=C(CNc1ncnc2ccc(C(F)(F)F)cc12)NC1CN([C@H]2CC[C@@H](C3CCCC(=O)N3)CC2)C1. The van der Waals surface area contributed by atoms with Crippen molar-refractivity contribution in [3.05, 3.63) is 30.1 Å². The first-order valence-electron chi connectivity index (χ1n) is 12.6. The maximum absolute atomic E-state index is 13.1. The largest absolute Gasteiger partial charge is 0.416 e. The van der Waals surface area contributed by atoms with Crippen LogP contribution in [0.1, 0.15) is 50.5 Å². The van der Waals surface area contributed by atoms with Crippen molar-refractivity contribution in [3.8, 4) is 0 Å². The van der Waals surface area contributed by atoms with Crippen molar-refractivity contribution >= 4 is 28.5 Å². The summed E-state index contributed by atoms with van der Waals surface area (Å²) in [6.45, 7) is 1.51. The van der Waals surface area contributed by atoms with Crippen LogP contribution in [-0.4, -0.2) is 64.4 Å². The number of likely N-dealkylation sites (tertiary alicyclic amines) is 1. The number of rotatable bonds is 6. The van der Waals surface area contributed by atoms with Crippen molar-refractivity contribution in [1.29, 1.82) is 0 Å². The van der Waals surface area contributed by atoms with Gasteiger partial charge in [-0.05, 0) is 62.6 Å². The third kappa shape index (κ3) is 5.55. The predicted octanol–water partition coefficient (Wildman–Crippen LogP) is 3.09. The highest BCUT2D eigenvalue weighted by Gasteiger charge is 2.37. The summed E-state index contributed by atoms with van der Waals surface area (Å²) in [5.74, 6) is 0.721. The van der Waals surface area contributed by atoms with E-state index in [9.17, 15) is 22.8 Å². The van der Waals surface area contributed by atoms with E-state index >= 15 is 0 Å². The van der Waals surface area contributed by atoms with Crippen LogP contribution in [0.25, 0.3) is 10.9 Å². The van der Waals surface area contributed by atoms with Gasteiger partial charge in [-0.3, -0.25) is 14.5 Å². The Kier molecular flexibility index (Phi) is 7.00. The second-order valence-electron chi connectivity index (χ2n) is 10.2. The van der Waals surface area contributed by atoms with E-state index < -0.39 is 11.7 Å². The fourth-order valence-electron chi connectivity index (χ4n) is 5.77. The number of aromatic nitrogens is 2. The Hall–Kier alpha value is -2.95. The van der Waals surface area contributed by atoms with Gasteiger partial charge in [-0.2, -0.15) is 13.2 Å². The Balaban J connectivity index is 1.06. The fourth-order valence-corrected chi connectivity index (χ4v) is 5.77. The van der Waals surface area contributed by atoms with Gasteiger partial charge in [-0.15, -0.1) is 0 Å². The predicted molar refractivity (Wildman–Crippen MR) is 128 cm³/mol. The lowest BCUT2D eigenvalue weighted by Crippen LogP contribution is -2.63. The lowest BCUT2D eigenvalue weighted by molar-refractivity contribution is -0.137. The summed E-state index contributed by atoms with van der Waals surface area (Å²) >= 11 is 0. The normalized spacial score (nSPS) is 25.8. The van der Waals surface area contributed by atoms with Crippen molar-refractivity contribution in [1.82, 2.24) is 25.5 Å². The number of hydrogen-bond acceptors (Lipinski definition) is 6. The Morgan fingerprint density at radius 2 is 1.89 bits per heavy atom. The number of amides is 2. The van der Waals surface area contributed by atoms with Crippen LogP contribution in [0.4, 0.5) is 19.0 Å². The van der Waals surface area contributed by atoms with E-state index in [-0.39, 0.29) is 35.6 Å². The minimum absolute atomic E-state index is 0.0635. The molecule has 3 fully saturated rings. The maximum atomic E-state index is 13.1. The van der Waals surface area contributed by atoms with Crippen LogP contribution < -0.4 is 16.0 Å². The highest BCUT2D eigenvalue weighted by atomic mass is 19.4. The van der Waals surface area contributed by atoms with E-state index in [1.165, 1.54) is 12.4 Å². The minimum Gasteiger partial charge on any atom is -0.360 e. The molecule has 5 rings (SSSR count). The van der Waals surface area contributed by atoms with Gasteiger partial charge in [0.25, 0.3) is 0 Å². The van der Waals surface area contributed by atoms with Crippen LogP contribution in [0.3, 0.4) is 0 Å². The van der Waals surface area contributed by atoms with Gasteiger partial charge in [-0.1, -0.05) is 0 Å². The molecule has 1 aliphatic carbocycles. The third-order valence-corrected chi connectivity index (χ3v) is 7.75. The molecule has 2 amide bonds. The summed E-state index contributed by atoms with van der Waals surface area (Å²) in [5, 5.41) is 9.24. The zero-order valence-corrected chi connectivity index (χ0v) is 20.0. The molecule has 0 bridgehead atoms. The van der Waals surface area contributed by atoms with Gasteiger partial charge >= 0.3 is 6.18 Å². The van der Waals surface area contributed by atoms with E-state index in [4.69, 9.17) is 0 Å². The van der Waals surface area contributed by atoms with Crippen LogP contribution in [0.2, 0.25) is 0 Å². The molecule has 2 aromatic rings. The van der Waals surface area contributed by atoms with Gasteiger partial charge in [0.05, 0.1) is 23.7 Å². The Bertz CT molecular complexity index is 1110. The summed E-state index contributed by atoms with van der Waals surface area (Å²) in [5.41, 5.74) is -0.416. The van der Waals surface area contributed by atoms with Gasteiger partial charge in [0, 0.05) is 37.0 Å². The molecule has 0 spiro atoms. The first-order valence-corrected chi connectivity index (χ1v) is 12.6. The summed E-state index contributed by atoms with van der Waals surface area (Å²) in [6.07, 6.45) is 3.97. The number of benzene rings is 1. The summed E-state index contributed by atoms with van der Waals surface area (Å²) in [6, 6.07) is 4.18. The number of piperidine rings is 1. The number of nitrogens with one attached hydrogen (secondary N) is 3. The van der Waals surface area contributed by atoms with Crippen LogP contribution in [0.15, 0.2) is 24.5 Å². The molecule has 2 saturated heterocycles. The standard InChI is InChI=1S/C25H31F3N6O2/c26-25(27,28)16-6-9-21-19(10-16)24(31-14-30-21)29-11-23(36)32-17-12-34(13-17)18-7-4-15(5-8-18)20-2-1-3-22(35)33-20/h6,9-10,14-15,17-18,20H,1-5,7-8,11-13H2,(H,32,36)(H,33,35)(H,29,30,31)/t15-,18+,20?. The van der Waals surface area contributed by atoms with Crippen LogP contribution in [0, 0.1) is 5.92 Å². The second kappa shape index (κ2) is 10.2. The van der Waals surface area contributed by atoms with Crippen molar-refractivity contribution in [2.24, 2.45) is 5.92 Å². The minimum atomic E-state index is -4.47. The number of carbonyl (C=O) groups is 2. The molecular weight excluding hydrogens is 473 g/mol. The first kappa shape index (κ1) is 24.7. The molecule has 2 aliphatic heterocycles. The highest BCUT2D eigenvalue weighted by Crippen LogP contribution is 2.34. The molecule has 36 heavy (non-hydrogen) atoms. The number of halogens is 3. The molecular formula is C25H31F3N6O2. The highest BCUT2D eigenvalue weighted by molar-refractivity contribution is 5.91. The molecule has 11 heteroatoms. The van der Waals surface area contributed by atoms with Gasteiger partial charge < -0.3 is 16.0 Å². The van der Waals surface area contributed by atoms with Crippen molar-refractivity contribution in [2.45, 2.75) is 69.2 Å². The molecule has 3 N–H and O–H groups in total. The number of fused-ring (bicyclic) bond motifs is 1. The van der Waals surface area contributed by atoms with Gasteiger partial charge in [0.15, 0.2) is 0 Å². The topological polar surface area (TPSA) is 99.2 Å². The monoisotopic (exact) mass is 504 g/mol. The van der Waals surface area contributed by atoms with Crippen LogP contribution >= 0.6 is 0 Å². The molecule has 194 valence electrons. The molecule has 1 atom stereocenters. The molecule has 1 unspecified atom stereocenters. The number of hydrogen-bond donors (Lipinski definition) is 3. The zero-order valence-electron chi connectivity index (χ0n) is 20.0. The number of nitrogens with zero attached hydrogens (tertiary/aromatic N) is 3. The number of alkyl halides is 3. The lowest BCUT2D eigenvalue weighted by Gasteiger charge is -2.47. The average molecular weight is 505 g/mol. The third-order valence-electron chi connectivity index (χ3n) is 7.75. The Morgan fingerprint density at radius 1 is 1.11 bits per heavy atom. The van der Waals surface area contributed by atoms with Crippen molar-refractivity contribution < 1.29 is 22.8 Å². The second-order valence-corrected chi connectivity index (χ2v) is 10.2. The van der Waals surface area contributed by atoms with Gasteiger partial charge in [0.1, 0.15) is 12.1 Å². The maximum Gasteiger partial charge on any atom is 0.416 e. The molecule has 0 radical (unpaired) electrons. The molecule has 3 heterocycles. The lowest BCUT2D eigenvalue weighted by atomic mass is 9.78. The number of anilines is 1. The zero-order chi connectivity index (χ0) is 25.3. The molecule has 1 aromatic carbocycles. The summed E-state index contributed by atoms with van der Waals surface area (Å²) in [7, 11) is 0. The smallest absolute Gasteiger partial charge is 0.360 e. The molecule has 1 aromatic heterocycles. The Labute approximate surface area is 207 Å². The van der Waals surface area contributed by atoms with Crippen molar-refractivity contribution in [3.63, 3.8) is 0 Å². The quantitative estimate of drug-likeness (QED) is 0.559. The first-order chi connectivity index (χ1) is 17.3. The molecule has 1 saturated carbocycles. The number of carbonyl (C=O) groups excluding carboxylic acids is 2. The summed E-state index contributed by atoms with van der Waals surface area (Å²) < 4.78 is 39.3. The van der Waals surface area contributed by atoms with Gasteiger partial charge in [0.2, 0.25) is 11.8 Å². The Morgan fingerprint density at radius 3 is 2.61 bits per heavy atom. The van der Waals surface area contributed by atoms with E-state index in [0.717, 1.165) is 63.7 Å². The fraction of sp³-hybridized carbons (Fsp3) is 0.600. The summed E-state index contributed by atoms with van der Waals surface area (Å²) in [4.78, 5) is 34.6. The van der Waals surface area contributed by atoms with Crippen LogP contribution in [0.5, 0.6) is 0 Å². The van der Waals surface area contributed by atoms with Gasteiger partial charge in [-0.25, -0.2) is 9.97 Å². The molecule has 3 aliphatic rings. The molecule has 8 nitrogen and oxygen atoms in total. The van der Waals surface area contributed by atoms with E-state index in [1.54, 1.807) is 0 Å². The van der Waals surface area contributed by atoms with E-state index in [2.05, 4.69) is 30.8 Å². The van der Waals surface area contributed by atoms with Crippen LogP contribution in [-0.2, 0) is 15.8 Å².